The highest BCUT2D eigenvalue weighted by molar-refractivity contribution is 6.31. The minimum absolute atomic E-state index is 0.476. The summed E-state index contributed by atoms with van der Waals surface area (Å²) in [5.41, 5.74) is 0.487. The van der Waals surface area contributed by atoms with Crippen LogP contribution in [0.4, 0.5) is 13.2 Å². The van der Waals surface area contributed by atoms with Gasteiger partial charge in [0.25, 0.3) is 0 Å². The molecule has 0 atom stereocenters. The molecule has 0 aliphatic rings. The smallest absolute Gasteiger partial charge is 0.313 e. The number of nitrogens with one attached hydrogen (secondary N) is 1. The summed E-state index contributed by atoms with van der Waals surface area (Å²) in [5.74, 6) is 0. The molecule has 2 rings (SSSR count). The van der Waals surface area contributed by atoms with Crippen LogP contribution in [-0.4, -0.2) is 16.3 Å². The van der Waals surface area contributed by atoms with Crippen molar-refractivity contribution in [3.05, 3.63) is 46.7 Å². The summed E-state index contributed by atoms with van der Waals surface area (Å²) in [4.78, 5) is 0. The maximum Gasteiger partial charge on any atom is 0.419 e. The Kier molecular flexibility index (Phi) is 4.90. The van der Waals surface area contributed by atoms with Crippen LogP contribution in [0.3, 0.4) is 0 Å². The number of benzene rings is 1. The summed E-state index contributed by atoms with van der Waals surface area (Å²) < 4.78 is 39.2. The van der Waals surface area contributed by atoms with Gasteiger partial charge in [0, 0.05) is 23.3 Å². The molecule has 0 saturated carbocycles. The molecule has 0 aliphatic carbocycles. The number of hydrogen-bond donors (Lipinski definition) is 1. The minimum Gasteiger partial charge on any atom is -0.313 e. The van der Waals surface area contributed by atoms with E-state index < -0.39 is 11.7 Å². The molecule has 21 heavy (non-hydrogen) atoms. The molecule has 114 valence electrons. The molecule has 0 aliphatic heterocycles. The van der Waals surface area contributed by atoms with Crippen LogP contribution >= 0.6 is 11.6 Å². The molecular weight excluding hydrogens is 303 g/mol. The van der Waals surface area contributed by atoms with Gasteiger partial charge in [0.15, 0.2) is 0 Å². The molecule has 3 nitrogen and oxygen atoms in total. The van der Waals surface area contributed by atoms with E-state index in [4.69, 9.17) is 11.6 Å². The lowest BCUT2D eigenvalue weighted by atomic mass is 10.1. The van der Waals surface area contributed by atoms with Gasteiger partial charge in [-0.05, 0) is 25.1 Å². The van der Waals surface area contributed by atoms with Gasteiger partial charge in [-0.15, -0.1) is 0 Å². The fourth-order valence-electron chi connectivity index (χ4n) is 1.93. The third-order valence-electron chi connectivity index (χ3n) is 2.98. The molecule has 1 aromatic carbocycles. The zero-order valence-electron chi connectivity index (χ0n) is 11.4. The Hall–Kier alpha value is -1.53. The number of aromatic nitrogens is 2. The molecule has 1 aromatic heterocycles. The van der Waals surface area contributed by atoms with Gasteiger partial charge in [-0.1, -0.05) is 24.6 Å². The van der Waals surface area contributed by atoms with E-state index in [1.807, 2.05) is 6.92 Å². The topological polar surface area (TPSA) is 29.9 Å². The Morgan fingerprint density at radius 2 is 2.10 bits per heavy atom. The van der Waals surface area contributed by atoms with Crippen LogP contribution < -0.4 is 5.32 Å². The molecule has 0 radical (unpaired) electrons. The number of hydrogen-bond acceptors (Lipinski definition) is 2. The van der Waals surface area contributed by atoms with Crippen LogP contribution in [-0.2, 0) is 12.7 Å². The molecule has 2 aromatic rings. The molecule has 1 heterocycles. The summed E-state index contributed by atoms with van der Waals surface area (Å²) in [7, 11) is 0. The molecule has 0 saturated heterocycles. The summed E-state index contributed by atoms with van der Waals surface area (Å²) in [6.07, 6.45) is -1.67. The van der Waals surface area contributed by atoms with Crippen LogP contribution in [0.5, 0.6) is 0 Å². The fourth-order valence-corrected chi connectivity index (χ4v) is 2.16. The van der Waals surface area contributed by atoms with E-state index in [0.717, 1.165) is 30.9 Å². The highest BCUT2D eigenvalue weighted by atomic mass is 35.5. The monoisotopic (exact) mass is 317 g/mol. The normalized spacial score (nSPS) is 11.9. The van der Waals surface area contributed by atoms with Gasteiger partial charge < -0.3 is 5.32 Å². The Morgan fingerprint density at radius 3 is 2.71 bits per heavy atom. The van der Waals surface area contributed by atoms with E-state index in [1.54, 1.807) is 18.2 Å². The molecule has 0 amide bonds. The zero-order valence-corrected chi connectivity index (χ0v) is 12.2. The lowest BCUT2D eigenvalue weighted by Crippen LogP contribution is -2.16. The Balaban J connectivity index is 2.34. The Bertz CT molecular complexity index is 608. The maximum absolute atomic E-state index is 12.7. The first kappa shape index (κ1) is 15.9. The standard InChI is InChI=1S/C14H15ClF3N3/c1-2-6-19-8-11-12(15)4-3-5-13(11)21-9-10(7-20-21)14(16,17)18/h3-5,7,9,19H,2,6,8H2,1H3. The Labute approximate surface area is 125 Å². The first-order valence-corrected chi connectivity index (χ1v) is 6.91. The van der Waals surface area contributed by atoms with Crippen molar-refractivity contribution >= 4 is 11.6 Å². The molecule has 0 spiro atoms. The molecule has 0 bridgehead atoms. The third-order valence-corrected chi connectivity index (χ3v) is 3.33. The second kappa shape index (κ2) is 6.49. The number of alkyl halides is 3. The van der Waals surface area contributed by atoms with E-state index in [-0.39, 0.29) is 0 Å². The summed E-state index contributed by atoms with van der Waals surface area (Å²) in [6.45, 7) is 3.31. The second-order valence-corrected chi connectivity index (χ2v) is 4.99. The van der Waals surface area contributed by atoms with Crippen molar-refractivity contribution in [2.75, 3.05) is 6.54 Å². The predicted octanol–water partition coefficient (Wildman–Crippen LogP) is 4.04. The van der Waals surface area contributed by atoms with Crippen molar-refractivity contribution in [1.29, 1.82) is 0 Å². The zero-order chi connectivity index (χ0) is 15.5. The van der Waals surface area contributed by atoms with Gasteiger partial charge in [-0.2, -0.15) is 18.3 Å². The average molecular weight is 318 g/mol. The SMILES string of the molecule is CCCNCc1c(Cl)cccc1-n1cc(C(F)(F)F)cn1. The van der Waals surface area contributed by atoms with Gasteiger partial charge in [0.1, 0.15) is 0 Å². The average Bonchev–Trinajstić information content (AvgIpc) is 2.90. The maximum atomic E-state index is 12.7. The molecular formula is C14H15ClF3N3. The first-order valence-electron chi connectivity index (χ1n) is 6.54. The van der Waals surface area contributed by atoms with Gasteiger partial charge in [0.05, 0.1) is 17.4 Å². The van der Waals surface area contributed by atoms with Crippen molar-refractivity contribution < 1.29 is 13.2 Å². The summed E-state index contributed by atoms with van der Waals surface area (Å²) in [5, 5.41) is 7.48. The lowest BCUT2D eigenvalue weighted by molar-refractivity contribution is -0.137. The number of rotatable bonds is 5. The molecule has 0 fully saturated rings. The van der Waals surface area contributed by atoms with Crippen molar-refractivity contribution in [3.63, 3.8) is 0 Å². The van der Waals surface area contributed by atoms with E-state index in [0.29, 0.717) is 17.3 Å². The van der Waals surface area contributed by atoms with Crippen LogP contribution in [0.1, 0.15) is 24.5 Å². The van der Waals surface area contributed by atoms with Gasteiger partial charge in [-0.3, -0.25) is 0 Å². The van der Waals surface area contributed by atoms with Gasteiger partial charge >= 0.3 is 6.18 Å². The largest absolute Gasteiger partial charge is 0.419 e. The summed E-state index contributed by atoms with van der Waals surface area (Å²) in [6, 6.07) is 5.10. The number of nitrogens with zero attached hydrogens (tertiary/aromatic N) is 2. The van der Waals surface area contributed by atoms with Crippen LogP contribution in [0.25, 0.3) is 5.69 Å². The fraction of sp³-hybridized carbons (Fsp3) is 0.357. The van der Waals surface area contributed by atoms with E-state index in [1.165, 1.54) is 4.68 Å². The highest BCUT2D eigenvalue weighted by Crippen LogP contribution is 2.30. The van der Waals surface area contributed by atoms with Crippen molar-refractivity contribution in [2.24, 2.45) is 0 Å². The first-order chi connectivity index (χ1) is 9.93. The van der Waals surface area contributed by atoms with Crippen molar-refractivity contribution in [2.45, 2.75) is 26.1 Å². The summed E-state index contributed by atoms with van der Waals surface area (Å²) >= 11 is 6.15. The van der Waals surface area contributed by atoms with Crippen LogP contribution in [0.15, 0.2) is 30.6 Å². The van der Waals surface area contributed by atoms with E-state index in [2.05, 4.69) is 10.4 Å². The van der Waals surface area contributed by atoms with Crippen molar-refractivity contribution in [1.82, 2.24) is 15.1 Å². The van der Waals surface area contributed by atoms with Crippen LogP contribution in [0, 0.1) is 0 Å². The third kappa shape index (κ3) is 3.77. The second-order valence-electron chi connectivity index (χ2n) is 4.59. The van der Waals surface area contributed by atoms with Crippen molar-refractivity contribution in [3.8, 4) is 5.69 Å². The van der Waals surface area contributed by atoms with Crippen LogP contribution in [0.2, 0.25) is 5.02 Å². The van der Waals surface area contributed by atoms with E-state index >= 15 is 0 Å². The van der Waals surface area contributed by atoms with Gasteiger partial charge in [0.2, 0.25) is 0 Å². The number of halogens is 4. The quantitative estimate of drug-likeness (QED) is 0.843. The lowest BCUT2D eigenvalue weighted by Gasteiger charge is -2.12. The molecule has 0 unspecified atom stereocenters. The minimum atomic E-state index is -4.41. The molecule has 7 heteroatoms. The van der Waals surface area contributed by atoms with E-state index in [9.17, 15) is 13.2 Å². The Morgan fingerprint density at radius 1 is 1.33 bits per heavy atom. The predicted molar refractivity (Wildman–Crippen MR) is 75.6 cm³/mol. The van der Waals surface area contributed by atoms with Gasteiger partial charge in [-0.25, -0.2) is 4.68 Å². The highest BCUT2D eigenvalue weighted by Gasteiger charge is 2.32. The molecule has 1 N–H and O–H groups in total.